The van der Waals surface area contributed by atoms with Gasteiger partial charge in [0.15, 0.2) is 0 Å². The number of hydrogen-bond acceptors (Lipinski definition) is 4. The second-order valence-electron chi connectivity index (χ2n) is 4.73. The van der Waals surface area contributed by atoms with Gasteiger partial charge in [-0.2, -0.15) is 0 Å². The lowest BCUT2D eigenvalue weighted by atomic mass is 10.2. The van der Waals surface area contributed by atoms with Crippen LogP contribution >= 0.6 is 11.8 Å². The molecule has 1 heterocycles. The van der Waals surface area contributed by atoms with Crippen LogP contribution in [0.1, 0.15) is 12.5 Å². The van der Waals surface area contributed by atoms with Crippen molar-refractivity contribution in [2.24, 2.45) is 0 Å². The summed E-state index contributed by atoms with van der Waals surface area (Å²) in [5.74, 6) is 1.16. The molecule has 3 nitrogen and oxygen atoms in total. The molecular formula is C15H24N2OS. The number of nitrogens with zero attached hydrogens (tertiary/aromatic N) is 1. The van der Waals surface area contributed by atoms with Gasteiger partial charge >= 0.3 is 0 Å². The van der Waals surface area contributed by atoms with Gasteiger partial charge in [-0.05, 0) is 24.2 Å². The Kier molecular flexibility index (Phi) is 6.71. The summed E-state index contributed by atoms with van der Waals surface area (Å²) in [4.78, 5) is 3.85. The van der Waals surface area contributed by atoms with Crippen molar-refractivity contribution in [2.45, 2.75) is 18.4 Å². The average molecular weight is 280 g/mol. The first kappa shape index (κ1) is 14.9. The monoisotopic (exact) mass is 280 g/mol. The van der Waals surface area contributed by atoms with Crippen LogP contribution in [0.3, 0.4) is 0 Å². The van der Waals surface area contributed by atoms with Crippen molar-refractivity contribution in [3.8, 4) is 0 Å². The Bertz CT molecular complexity index is 350. The number of morpholine rings is 1. The average Bonchev–Trinajstić information content (AvgIpc) is 2.47. The smallest absolute Gasteiger partial charge is 0.0594 e. The number of hydrogen-bond donors (Lipinski definition) is 1. The summed E-state index contributed by atoms with van der Waals surface area (Å²) < 4.78 is 5.36. The van der Waals surface area contributed by atoms with Gasteiger partial charge in [-0.1, -0.05) is 19.1 Å². The molecule has 1 saturated heterocycles. The molecule has 0 atom stereocenters. The van der Waals surface area contributed by atoms with Crippen molar-refractivity contribution in [3.05, 3.63) is 29.8 Å². The Labute approximate surface area is 120 Å². The maximum atomic E-state index is 5.36. The molecule has 0 bridgehead atoms. The molecule has 4 heteroatoms. The van der Waals surface area contributed by atoms with E-state index in [1.54, 1.807) is 0 Å². The molecule has 0 unspecified atom stereocenters. The summed E-state index contributed by atoms with van der Waals surface area (Å²) in [5.41, 5.74) is 1.36. The molecular weight excluding hydrogens is 256 g/mol. The van der Waals surface area contributed by atoms with Crippen LogP contribution in [0.5, 0.6) is 0 Å². The van der Waals surface area contributed by atoms with Crippen molar-refractivity contribution in [3.63, 3.8) is 0 Å². The molecule has 0 aliphatic carbocycles. The van der Waals surface area contributed by atoms with E-state index >= 15 is 0 Å². The van der Waals surface area contributed by atoms with Crippen LogP contribution in [0.2, 0.25) is 0 Å². The summed E-state index contributed by atoms with van der Waals surface area (Å²) in [6, 6.07) is 8.91. The Morgan fingerprint density at radius 3 is 2.63 bits per heavy atom. The van der Waals surface area contributed by atoms with Gasteiger partial charge in [0.1, 0.15) is 0 Å². The molecule has 1 aromatic rings. The molecule has 1 aliphatic rings. The summed E-state index contributed by atoms with van der Waals surface area (Å²) in [6.07, 6.45) is 0. The topological polar surface area (TPSA) is 24.5 Å². The standard InChI is InChI=1S/C15H24N2OS/c1-2-16-13-14-3-5-15(6-4-14)19-12-9-17-7-10-18-11-8-17/h3-6,16H,2,7-13H2,1H3. The van der Waals surface area contributed by atoms with Gasteiger partial charge in [0.25, 0.3) is 0 Å². The zero-order chi connectivity index (χ0) is 13.3. The number of nitrogens with one attached hydrogen (secondary N) is 1. The Hall–Kier alpha value is -0.550. The molecule has 0 spiro atoms. The van der Waals surface area contributed by atoms with E-state index in [1.165, 1.54) is 10.5 Å². The van der Waals surface area contributed by atoms with Crippen LogP contribution in [0.4, 0.5) is 0 Å². The first-order valence-corrected chi connectivity index (χ1v) is 8.09. The Morgan fingerprint density at radius 2 is 1.95 bits per heavy atom. The van der Waals surface area contributed by atoms with E-state index in [2.05, 4.69) is 41.4 Å². The van der Waals surface area contributed by atoms with Gasteiger partial charge in [0.2, 0.25) is 0 Å². The second-order valence-corrected chi connectivity index (χ2v) is 5.90. The minimum absolute atomic E-state index is 0.893. The molecule has 0 aromatic heterocycles. The van der Waals surface area contributed by atoms with Crippen LogP contribution in [-0.4, -0.2) is 50.0 Å². The van der Waals surface area contributed by atoms with E-state index in [9.17, 15) is 0 Å². The number of benzene rings is 1. The van der Waals surface area contributed by atoms with Gasteiger partial charge in [0, 0.05) is 36.8 Å². The normalized spacial score (nSPS) is 16.7. The molecule has 1 aliphatic heterocycles. The summed E-state index contributed by atoms with van der Waals surface area (Å²) in [7, 11) is 0. The van der Waals surface area contributed by atoms with Crippen LogP contribution in [0.25, 0.3) is 0 Å². The van der Waals surface area contributed by atoms with Crippen LogP contribution < -0.4 is 5.32 Å². The molecule has 19 heavy (non-hydrogen) atoms. The van der Waals surface area contributed by atoms with Crippen molar-refractivity contribution < 1.29 is 4.74 Å². The van der Waals surface area contributed by atoms with Crippen molar-refractivity contribution in [1.29, 1.82) is 0 Å². The zero-order valence-corrected chi connectivity index (χ0v) is 12.5. The lowest BCUT2D eigenvalue weighted by Crippen LogP contribution is -2.37. The van der Waals surface area contributed by atoms with E-state index in [0.29, 0.717) is 0 Å². The number of thioether (sulfide) groups is 1. The molecule has 1 N–H and O–H groups in total. The predicted molar refractivity (Wildman–Crippen MR) is 81.8 cm³/mol. The van der Waals surface area contributed by atoms with Gasteiger partial charge in [-0.15, -0.1) is 11.8 Å². The maximum absolute atomic E-state index is 5.36. The highest BCUT2D eigenvalue weighted by atomic mass is 32.2. The van der Waals surface area contributed by atoms with Crippen LogP contribution in [0, 0.1) is 0 Å². The van der Waals surface area contributed by atoms with Gasteiger partial charge in [-0.3, -0.25) is 4.90 Å². The maximum Gasteiger partial charge on any atom is 0.0594 e. The second kappa shape index (κ2) is 8.59. The highest BCUT2D eigenvalue weighted by Crippen LogP contribution is 2.18. The molecule has 0 saturated carbocycles. The molecule has 106 valence electrons. The predicted octanol–water partition coefficient (Wildman–Crippen LogP) is 2.22. The van der Waals surface area contributed by atoms with Gasteiger partial charge in [0.05, 0.1) is 13.2 Å². The highest BCUT2D eigenvalue weighted by Gasteiger charge is 2.09. The molecule has 0 amide bonds. The lowest BCUT2D eigenvalue weighted by molar-refractivity contribution is 0.0410. The third-order valence-electron chi connectivity index (χ3n) is 3.28. The minimum Gasteiger partial charge on any atom is -0.379 e. The first-order valence-electron chi connectivity index (χ1n) is 7.11. The summed E-state index contributed by atoms with van der Waals surface area (Å²) >= 11 is 1.94. The summed E-state index contributed by atoms with van der Waals surface area (Å²) in [6.45, 7) is 9.24. The van der Waals surface area contributed by atoms with Gasteiger partial charge in [-0.25, -0.2) is 0 Å². The SMILES string of the molecule is CCNCc1ccc(SCCN2CCOCC2)cc1. The largest absolute Gasteiger partial charge is 0.379 e. The highest BCUT2D eigenvalue weighted by molar-refractivity contribution is 7.99. The fraction of sp³-hybridized carbons (Fsp3) is 0.600. The molecule has 1 fully saturated rings. The fourth-order valence-corrected chi connectivity index (χ4v) is 3.00. The van der Waals surface area contributed by atoms with Gasteiger partial charge < -0.3 is 10.1 Å². The van der Waals surface area contributed by atoms with E-state index in [4.69, 9.17) is 4.74 Å². The molecule has 0 radical (unpaired) electrons. The number of ether oxygens (including phenoxy) is 1. The fourth-order valence-electron chi connectivity index (χ4n) is 2.09. The summed E-state index contributed by atoms with van der Waals surface area (Å²) in [5, 5.41) is 3.34. The minimum atomic E-state index is 0.893. The van der Waals surface area contributed by atoms with E-state index in [0.717, 1.165) is 51.7 Å². The van der Waals surface area contributed by atoms with Crippen molar-refractivity contribution in [2.75, 3.05) is 45.1 Å². The Balaban J connectivity index is 1.67. The van der Waals surface area contributed by atoms with Crippen LogP contribution in [0.15, 0.2) is 29.2 Å². The molecule has 2 rings (SSSR count). The van der Waals surface area contributed by atoms with Crippen LogP contribution in [-0.2, 0) is 11.3 Å². The third kappa shape index (κ3) is 5.53. The van der Waals surface area contributed by atoms with E-state index in [1.807, 2.05) is 11.8 Å². The first-order chi connectivity index (χ1) is 9.38. The third-order valence-corrected chi connectivity index (χ3v) is 4.27. The van der Waals surface area contributed by atoms with Crippen molar-refractivity contribution in [1.82, 2.24) is 10.2 Å². The van der Waals surface area contributed by atoms with E-state index < -0.39 is 0 Å². The number of rotatable bonds is 7. The van der Waals surface area contributed by atoms with E-state index in [-0.39, 0.29) is 0 Å². The zero-order valence-electron chi connectivity index (χ0n) is 11.7. The van der Waals surface area contributed by atoms with Crippen molar-refractivity contribution >= 4 is 11.8 Å². The molecule has 1 aromatic carbocycles. The quantitative estimate of drug-likeness (QED) is 0.774. The lowest BCUT2D eigenvalue weighted by Gasteiger charge is -2.26. The Morgan fingerprint density at radius 1 is 1.21 bits per heavy atom.